The molecule has 1 rings (SSSR count). The Kier molecular flexibility index (Phi) is 4.76. The Balaban J connectivity index is 3.00. The van der Waals surface area contributed by atoms with Crippen molar-refractivity contribution in [2.75, 3.05) is 13.1 Å². The van der Waals surface area contributed by atoms with Gasteiger partial charge in [-0.1, -0.05) is 58.0 Å². The predicted molar refractivity (Wildman–Crippen MR) is 71.8 cm³/mol. The van der Waals surface area contributed by atoms with Crippen LogP contribution in [0, 0.1) is 0 Å². The van der Waals surface area contributed by atoms with E-state index in [1.54, 1.807) is 11.3 Å². The molecule has 0 spiro atoms. The first-order chi connectivity index (χ1) is 7.25. The van der Waals surface area contributed by atoms with Crippen LogP contribution >= 0.6 is 58.0 Å². The van der Waals surface area contributed by atoms with Gasteiger partial charge < -0.3 is 4.90 Å². The van der Waals surface area contributed by atoms with Crippen molar-refractivity contribution in [3.63, 3.8) is 0 Å². The average molecular weight is 327 g/mol. The van der Waals surface area contributed by atoms with Crippen LogP contribution in [0.3, 0.4) is 0 Å². The topological polar surface area (TPSA) is 18.8 Å². The molecule has 0 aromatic heterocycles. The zero-order valence-corrected chi connectivity index (χ0v) is 12.6. The molecule has 0 aromatic carbocycles. The maximum atomic E-state index is 6.17. The van der Waals surface area contributed by atoms with E-state index in [0.29, 0.717) is 13.1 Å². The summed E-state index contributed by atoms with van der Waals surface area (Å²) in [6.07, 6.45) is 1.16. The fourth-order valence-corrected chi connectivity index (χ4v) is 2.25. The normalized spacial score (nSPS) is 22.1. The van der Waals surface area contributed by atoms with E-state index >= 15 is 0 Å². The highest BCUT2D eigenvalue weighted by atomic mass is 35.6. The van der Waals surface area contributed by atoms with Gasteiger partial charge in [-0.2, -0.15) is 5.10 Å². The van der Waals surface area contributed by atoms with E-state index in [1.807, 2.05) is 18.7 Å². The van der Waals surface area contributed by atoms with Gasteiger partial charge in [0, 0.05) is 13.1 Å². The second-order valence-electron chi connectivity index (χ2n) is 3.31. The van der Waals surface area contributed by atoms with Crippen LogP contribution in [0.25, 0.3) is 0 Å². The molecule has 0 N–H and O–H groups in total. The number of rotatable bonds is 3. The summed E-state index contributed by atoms with van der Waals surface area (Å²) in [5, 5.41) is 5.84. The van der Waals surface area contributed by atoms with Gasteiger partial charge in [0.05, 0.1) is 0 Å². The Hall–Kier alpha value is 0.720. The lowest BCUT2D eigenvalue weighted by Crippen LogP contribution is -2.56. The Labute approximate surface area is 120 Å². The maximum Gasteiger partial charge on any atom is 0.227 e. The van der Waals surface area contributed by atoms with Crippen molar-refractivity contribution in [2.24, 2.45) is 5.10 Å². The molecule has 8 heteroatoms. The highest BCUT2D eigenvalue weighted by Crippen LogP contribution is 2.50. The van der Waals surface area contributed by atoms with Crippen LogP contribution in [0.1, 0.15) is 13.8 Å². The summed E-state index contributed by atoms with van der Waals surface area (Å²) in [5.74, 6) is 0. The van der Waals surface area contributed by atoms with Crippen LogP contribution in [0.5, 0.6) is 0 Å². The van der Waals surface area contributed by atoms with Gasteiger partial charge in [0.2, 0.25) is 8.13 Å². The highest BCUT2D eigenvalue weighted by Gasteiger charge is 2.56. The van der Waals surface area contributed by atoms with E-state index in [9.17, 15) is 0 Å². The Bertz CT molecular complexity index is 261. The lowest BCUT2D eigenvalue weighted by molar-refractivity contribution is 0.125. The third kappa shape index (κ3) is 2.59. The van der Waals surface area contributed by atoms with Gasteiger partial charge in [0.15, 0.2) is 6.17 Å². The predicted octanol–water partition coefficient (Wildman–Crippen LogP) is 3.46. The first kappa shape index (κ1) is 14.8. The van der Waals surface area contributed by atoms with Crippen molar-refractivity contribution < 1.29 is 0 Å². The largest absolute Gasteiger partial charge is 0.337 e. The monoisotopic (exact) mass is 325 g/mol. The van der Waals surface area contributed by atoms with Gasteiger partial charge in [-0.05, 0) is 13.8 Å². The van der Waals surface area contributed by atoms with Gasteiger partial charge in [-0.25, -0.2) is 0 Å². The summed E-state index contributed by atoms with van der Waals surface area (Å²) < 4.78 is -3.37. The van der Waals surface area contributed by atoms with Crippen LogP contribution in [0.4, 0.5) is 0 Å². The molecule has 0 saturated carbocycles. The number of hydrogen-bond donors (Lipinski definition) is 0. The summed E-state index contributed by atoms with van der Waals surface area (Å²) in [5.41, 5.74) is 0. The highest BCUT2D eigenvalue weighted by molar-refractivity contribution is 6.75. The first-order valence-corrected chi connectivity index (χ1v) is 6.65. The fraction of sp³-hybridized carbons (Fsp3) is 0.875. The molecule has 1 unspecified atom stereocenters. The number of hydrazone groups is 1. The second kappa shape index (κ2) is 5.15. The lowest BCUT2D eigenvalue weighted by atomic mass is 10.3. The summed E-state index contributed by atoms with van der Waals surface area (Å²) in [7, 11) is 0. The number of halogens is 5. The minimum absolute atomic E-state index is 0.488. The van der Waals surface area contributed by atoms with Crippen LogP contribution in [0.15, 0.2) is 5.10 Å². The summed E-state index contributed by atoms with van der Waals surface area (Å²) in [6.45, 7) is 5.17. The van der Waals surface area contributed by atoms with E-state index < -0.39 is 14.3 Å². The van der Waals surface area contributed by atoms with Crippen LogP contribution < -0.4 is 0 Å². The molecule has 1 aliphatic rings. The third-order valence-electron chi connectivity index (χ3n) is 2.34. The van der Waals surface area contributed by atoms with E-state index in [1.165, 1.54) is 0 Å². The van der Waals surface area contributed by atoms with Crippen LogP contribution in [0.2, 0.25) is 0 Å². The molecule has 1 atom stereocenters. The summed E-state index contributed by atoms with van der Waals surface area (Å²) in [4.78, 5) is 1.82. The van der Waals surface area contributed by atoms with Crippen molar-refractivity contribution in [3.05, 3.63) is 0 Å². The van der Waals surface area contributed by atoms with Crippen molar-refractivity contribution in [2.45, 2.75) is 28.1 Å². The molecule has 16 heavy (non-hydrogen) atoms. The van der Waals surface area contributed by atoms with Crippen LogP contribution in [-0.4, -0.2) is 43.6 Å². The van der Waals surface area contributed by atoms with E-state index in [4.69, 9.17) is 58.0 Å². The van der Waals surface area contributed by atoms with Crippen molar-refractivity contribution >= 4 is 64.3 Å². The molecule has 0 aromatic rings. The summed E-state index contributed by atoms with van der Waals surface area (Å²) in [6, 6.07) is 0. The minimum Gasteiger partial charge on any atom is -0.337 e. The fourth-order valence-electron chi connectivity index (χ4n) is 1.48. The number of alkyl halides is 5. The molecule has 0 bridgehead atoms. The van der Waals surface area contributed by atoms with Gasteiger partial charge in [0.25, 0.3) is 0 Å². The molecule has 1 aliphatic heterocycles. The van der Waals surface area contributed by atoms with Crippen molar-refractivity contribution in [3.8, 4) is 0 Å². The zero-order chi connectivity index (χ0) is 12.6. The van der Waals surface area contributed by atoms with E-state index in [-0.39, 0.29) is 0 Å². The smallest absolute Gasteiger partial charge is 0.227 e. The molecule has 0 saturated heterocycles. The standard InChI is InChI=1S/C8H12Cl5N3/c1-3-15-5-14-16(4-2)6(15)7(9,10)8(11,12)13/h5-6H,3-4H2,1-2H3. The Morgan fingerprint density at radius 3 is 2.06 bits per heavy atom. The molecular weight excluding hydrogens is 315 g/mol. The minimum atomic E-state index is -1.80. The average Bonchev–Trinajstić information content (AvgIpc) is 2.58. The maximum absolute atomic E-state index is 6.17. The quantitative estimate of drug-likeness (QED) is 0.739. The molecule has 1 heterocycles. The van der Waals surface area contributed by atoms with Crippen LogP contribution in [-0.2, 0) is 0 Å². The van der Waals surface area contributed by atoms with Crippen molar-refractivity contribution in [1.29, 1.82) is 0 Å². The lowest BCUT2D eigenvalue weighted by Gasteiger charge is -2.40. The molecule has 3 nitrogen and oxygen atoms in total. The van der Waals surface area contributed by atoms with E-state index in [2.05, 4.69) is 5.10 Å². The third-order valence-corrected chi connectivity index (χ3v) is 4.77. The molecule has 0 aliphatic carbocycles. The second-order valence-corrected chi connectivity index (χ2v) is 6.98. The number of nitrogens with zero attached hydrogens (tertiary/aromatic N) is 3. The molecule has 0 amide bonds. The van der Waals surface area contributed by atoms with Gasteiger partial charge in [-0.3, -0.25) is 5.01 Å². The molecule has 0 radical (unpaired) electrons. The first-order valence-electron chi connectivity index (χ1n) is 4.76. The molecule has 0 fully saturated rings. The zero-order valence-electron chi connectivity index (χ0n) is 8.80. The Morgan fingerprint density at radius 2 is 1.69 bits per heavy atom. The number of hydrogen-bond acceptors (Lipinski definition) is 3. The van der Waals surface area contributed by atoms with Gasteiger partial charge in [0.1, 0.15) is 6.34 Å². The van der Waals surface area contributed by atoms with Crippen molar-refractivity contribution in [1.82, 2.24) is 9.91 Å². The van der Waals surface area contributed by atoms with Gasteiger partial charge >= 0.3 is 0 Å². The Morgan fingerprint density at radius 1 is 1.12 bits per heavy atom. The molecular formula is C8H12Cl5N3. The van der Waals surface area contributed by atoms with E-state index in [0.717, 1.165) is 0 Å². The summed E-state index contributed by atoms with van der Waals surface area (Å²) >= 11 is 29.8. The molecule has 94 valence electrons. The van der Waals surface area contributed by atoms with Gasteiger partial charge in [-0.15, -0.1) is 0 Å². The SMILES string of the molecule is CCN1C=NN(CC)C1C(Cl)(Cl)C(Cl)(Cl)Cl.